The Balaban J connectivity index is 2.28. The fourth-order valence-corrected chi connectivity index (χ4v) is 3.00. The number of aromatic amines is 1. The molecule has 0 spiro atoms. The van der Waals surface area contributed by atoms with E-state index in [4.69, 9.17) is 22.7 Å². The van der Waals surface area contributed by atoms with Crippen LogP contribution in [0.25, 0.3) is 0 Å². The number of aromatic nitrogens is 2. The number of H-pyrrole nitrogens is 1. The number of nitrogens with one attached hydrogen (secondary N) is 2. The van der Waals surface area contributed by atoms with Gasteiger partial charge in [-0.2, -0.15) is 0 Å². The molecule has 0 bridgehead atoms. The highest BCUT2D eigenvalue weighted by atomic mass is 35.5. The number of hydrogen-bond acceptors (Lipinski definition) is 4. The van der Waals surface area contributed by atoms with Gasteiger partial charge in [0.1, 0.15) is 5.84 Å². The van der Waals surface area contributed by atoms with Crippen LogP contribution in [0.2, 0.25) is 5.02 Å². The normalized spacial score (nSPS) is 10.6. The van der Waals surface area contributed by atoms with E-state index in [1.54, 1.807) is 18.2 Å². The average molecular weight is 323 g/mol. The van der Waals surface area contributed by atoms with Crippen molar-refractivity contribution in [3.05, 3.63) is 50.9 Å². The van der Waals surface area contributed by atoms with Crippen molar-refractivity contribution in [3.8, 4) is 0 Å². The predicted molar refractivity (Wildman–Crippen MR) is 85.4 cm³/mol. The second kappa shape index (κ2) is 6.78. The molecule has 1 aromatic heterocycles. The maximum Gasteiger partial charge on any atom is 0.251 e. The zero-order valence-electron chi connectivity index (χ0n) is 11.4. The first-order chi connectivity index (χ1) is 9.99. The van der Waals surface area contributed by atoms with E-state index in [9.17, 15) is 4.79 Å². The number of nitrogen functional groups attached to an aromatic ring is 1. The molecule has 0 fully saturated rings. The first-order valence-electron chi connectivity index (χ1n) is 6.41. The Morgan fingerprint density at radius 1 is 1.48 bits per heavy atom. The highest BCUT2D eigenvalue weighted by Gasteiger charge is 2.08. The van der Waals surface area contributed by atoms with Gasteiger partial charge in [0.25, 0.3) is 5.56 Å². The molecular formula is C14H15ClN4OS. The molecule has 0 radical (unpaired) electrons. The fraction of sp³-hybridized carbons (Fsp3) is 0.214. The first kappa shape index (κ1) is 15.6. The van der Waals surface area contributed by atoms with Crippen molar-refractivity contribution in [1.29, 1.82) is 5.41 Å². The summed E-state index contributed by atoms with van der Waals surface area (Å²) < 4.78 is 0. The van der Waals surface area contributed by atoms with E-state index in [0.717, 1.165) is 23.4 Å². The van der Waals surface area contributed by atoms with Gasteiger partial charge in [0.15, 0.2) is 5.16 Å². The van der Waals surface area contributed by atoms with Gasteiger partial charge in [-0.15, -0.1) is 0 Å². The van der Waals surface area contributed by atoms with Crippen LogP contribution in [-0.4, -0.2) is 15.8 Å². The Labute approximate surface area is 131 Å². The van der Waals surface area contributed by atoms with Gasteiger partial charge in [-0.3, -0.25) is 10.2 Å². The van der Waals surface area contributed by atoms with Crippen molar-refractivity contribution in [1.82, 2.24) is 9.97 Å². The van der Waals surface area contributed by atoms with E-state index in [-0.39, 0.29) is 11.4 Å². The summed E-state index contributed by atoms with van der Waals surface area (Å²) in [5, 5.41) is 8.32. The molecule has 0 atom stereocenters. The molecule has 0 aliphatic heterocycles. The van der Waals surface area contributed by atoms with E-state index < -0.39 is 0 Å². The van der Waals surface area contributed by atoms with E-state index in [1.807, 2.05) is 6.92 Å². The van der Waals surface area contributed by atoms with E-state index >= 15 is 0 Å². The van der Waals surface area contributed by atoms with Gasteiger partial charge in [0.2, 0.25) is 0 Å². The van der Waals surface area contributed by atoms with Gasteiger partial charge in [-0.05, 0) is 24.6 Å². The monoisotopic (exact) mass is 322 g/mol. The van der Waals surface area contributed by atoms with Crippen LogP contribution in [0, 0.1) is 5.41 Å². The molecule has 7 heteroatoms. The molecule has 0 unspecified atom stereocenters. The lowest BCUT2D eigenvalue weighted by atomic mass is 10.2. The molecule has 0 amide bonds. The molecule has 0 saturated carbocycles. The molecule has 4 N–H and O–H groups in total. The van der Waals surface area contributed by atoms with Crippen LogP contribution in [0.3, 0.4) is 0 Å². The lowest BCUT2D eigenvalue weighted by Crippen LogP contribution is -2.11. The summed E-state index contributed by atoms with van der Waals surface area (Å²) in [4.78, 5) is 19.5. The quantitative estimate of drug-likeness (QED) is 0.448. The van der Waals surface area contributed by atoms with Crippen LogP contribution in [0.1, 0.15) is 24.6 Å². The van der Waals surface area contributed by atoms with Crippen molar-refractivity contribution in [2.75, 3.05) is 0 Å². The summed E-state index contributed by atoms with van der Waals surface area (Å²) in [6, 6.07) is 6.69. The van der Waals surface area contributed by atoms with Crippen LogP contribution in [-0.2, 0) is 6.42 Å². The number of amidine groups is 1. The number of nitrogens with zero attached hydrogens (tertiary/aromatic N) is 1. The summed E-state index contributed by atoms with van der Waals surface area (Å²) in [6.45, 7) is 2.04. The zero-order chi connectivity index (χ0) is 15.4. The minimum Gasteiger partial charge on any atom is -0.384 e. The largest absolute Gasteiger partial charge is 0.384 e. The van der Waals surface area contributed by atoms with Crippen molar-refractivity contribution in [2.24, 2.45) is 5.73 Å². The molecule has 110 valence electrons. The molecule has 5 nitrogen and oxygen atoms in total. The van der Waals surface area contributed by atoms with Crippen molar-refractivity contribution in [2.45, 2.75) is 29.8 Å². The molecule has 0 saturated heterocycles. The number of halogens is 1. The van der Waals surface area contributed by atoms with E-state index in [0.29, 0.717) is 15.7 Å². The van der Waals surface area contributed by atoms with Gasteiger partial charge < -0.3 is 10.7 Å². The highest BCUT2D eigenvalue weighted by Crippen LogP contribution is 2.28. The van der Waals surface area contributed by atoms with Crippen molar-refractivity contribution in [3.63, 3.8) is 0 Å². The molecule has 1 aromatic carbocycles. The summed E-state index contributed by atoms with van der Waals surface area (Å²) in [5.41, 5.74) is 6.52. The smallest absolute Gasteiger partial charge is 0.251 e. The Bertz CT molecular complexity index is 729. The number of hydrogen-bond donors (Lipinski definition) is 3. The lowest BCUT2D eigenvalue weighted by molar-refractivity contribution is 0.816. The molecular weight excluding hydrogens is 308 g/mol. The second-order valence-electron chi connectivity index (χ2n) is 4.45. The summed E-state index contributed by atoms with van der Waals surface area (Å²) >= 11 is 7.39. The molecule has 2 rings (SSSR count). The maximum absolute atomic E-state index is 11.6. The number of rotatable bonds is 5. The van der Waals surface area contributed by atoms with Crippen LogP contribution >= 0.6 is 23.4 Å². The van der Waals surface area contributed by atoms with Gasteiger partial charge >= 0.3 is 0 Å². The second-order valence-corrected chi connectivity index (χ2v) is 5.92. The standard InChI is InChI=1S/C14H15ClN4OS/c1-2-3-8-6-12(20)19-14(18-8)21-9-4-5-10(13(16)17)11(15)7-9/h4-7H,2-3H2,1H3,(H3,16,17)(H,18,19,20). The minimum absolute atomic E-state index is 0.0759. The van der Waals surface area contributed by atoms with Crippen LogP contribution in [0.4, 0.5) is 0 Å². The van der Waals surface area contributed by atoms with Crippen molar-refractivity contribution >= 4 is 29.2 Å². The first-order valence-corrected chi connectivity index (χ1v) is 7.61. The summed E-state index contributed by atoms with van der Waals surface area (Å²) in [6.07, 6.45) is 1.70. The summed E-state index contributed by atoms with van der Waals surface area (Å²) in [7, 11) is 0. The van der Waals surface area contributed by atoms with Crippen molar-refractivity contribution < 1.29 is 0 Å². The third kappa shape index (κ3) is 4.09. The van der Waals surface area contributed by atoms with Crippen LogP contribution in [0.15, 0.2) is 39.1 Å². The van der Waals surface area contributed by atoms with E-state index in [1.165, 1.54) is 17.8 Å². The van der Waals surface area contributed by atoms with E-state index in [2.05, 4.69) is 9.97 Å². The van der Waals surface area contributed by atoms with Crippen LogP contribution in [0.5, 0.6) is 0 Å². The Morgan fingerprint density at radius 3 is 2.86 bits per heavy atom. The van der Waals surface area contributed by atoms with Gasteiger partial charge in [0, 0.05) is 22.2 Å². The third-order valence-corrected chi connectivity index (χ3v) is 3.91. The third-order valence-electron chi connectivity index (χ3n) is 2.72. The van der Waals surface area contributed by atoms with Gasteiger partial charge in [0.05, 0.1) is 5.02 Å². The van der Waals surface area contributed by atoms with Crippen LogP contribution < -0.4 is 11.3 Å². The predicted octanol–water partition coefficient (Wildman–Crippen LogP) is 2.81. The Kier molecular flexibility index (Phi) is 5.03. The average Bonchev–Trinajstić information content (AvgIpc) is 2.37. The summed E-state index contributed by atoms with van der Waals surface area (Å²) in [5.74, 6) is -0.0759. The Morgan fingerprint density at radius 2 is 2.24 bits per heavy atom. The topological polar surface area (TPSA) is 95.6 Å². The lowest BCUT2D eigenvalue weighted by Gasteiger charge is -2.06. The highest BCUT2D eigenvalue weighted by molar-refractivity contribution is 7.99. The zero-order valence-corrected chi connectivity index (χ0v) is 13.0. The molecule has 0 aliphatic rings. The fourth-order valence-electron chi connectivity index (χ4n) is 1.81. The molecule has 1 heterocycles. The molecule has 21 heavy (non-hydrogen) atoms. The van der Waals surface area contributed by atoms with Gasteiger partial charge in [-0.25, -0.2) is 4.98 Å². The SMILES string of the molecule is CCCc1cc(=O)[nH]c(Sc2ccc(C(=N)N)c(Cl)c2)n1. The molecule has 2 aromatic rings. The van der Waals surface area contributed by atoms with Gasteiger partial charge in [-0.1, -0.05) is 36.7 Å². The number of aryl methyl sites for hydroxylation is 1. The number of nitrogens with two attached hydrogens (primary N) is 1. The number of benzene rings is 1. The minimum atomic E-state index is -0.164. The maximum atomic E-state index is 11.6. The Hall–Kier alpha value is -1.79. The molecule has 0 aliphatic carbocycles.